The maximum absolute atomic E-state index is 9.74. The van der Waals surface area contributed by atoms with Crippen LogP contribution in [-0.4, -0.2) is 27.2 Å². The molecule has 3 aromatic rings. The number of aryl methyl sites for hydroxylation is 1. The molecule has 4 heterocycles. The predicted molar refractivity (Wildman–Crippen MR) is 104 cm³/mol. The third-order valence-corrected chi connectivity index (χ3v) is 5.46. The fraction of sp³-hybridized carbons (Fsp3) is 0.350. The second-order valence-corrected chi connectivity index (χ2v) is 7.24. The van der Waals surface area contributed by atoms with E-state index in [1.54, 1.807) is 17.3 Å². The fourth-order valence-corrected chi connectivity index (χ4v) is 4.19. The Labute approximate surface area is 161 Å². The summed E-state index contributed by atoms with van der Waals surface area (Å²) in [7, 11) is 0. The molecule has 0 bridgehead atoms. The molecular formula is C20H20N6O2. The second-order valence-electron chi connectivity index (χ2n) is 7.24. The van der Waals surface area contributed by atoms with Gasteiger partial charge in [0.25, 0.3) is 0 Å². The summed E-state index contributed by atoms with van der Waals surface area (Å²) >= 11 is 0. The first kappa shape index (κ1) is 17.0. The highest BCUT2D eigenvalue weighted by Crippen LogP contribution is 2.38. The van der Waals surface area contributed by atoms with E-state index in [-0.39, 0.29) is 12.1 Å². The van der Waals surface area contributed by atoms with Crippen molar-refractivity contribution < 1.29 is 9.57 Å². The van der Waals surface area contributed by atoms with Crippen molar-refractivity contribution in [1.82, 2.24) is 20.1 Å². The van der Waals surface area contributed by atoms with Crippen LogP contribution in [0, 0.1) is 18.3 Å². The van der Waals surface area contributed by atoms with Crippen LogP contribution in [0.5, 0.6) is 0 Å². The number of imidazole rings is 1. The highest BCUT2D eigenvalue weighted by atomic mass is 16.7. The van der Waals surface area contributed by atoms with Crippen LogP contribution >= 0.6 is 0 Å². The van der Waals surface area contributed by atoms with E-state index in [4.69, 9.17) is 14.6 Å². The van der Waals surface area contributed by atoms with Gasteiger partial charge in [-0.15, -0.1) is 0 Å². The van der Waals surface area contributed by atoms with Crippen LogP contribution in [0.25, 0.3) is 21.9 Å². The first-order chi connectivity index (χ1) is 13.7. The number of rotatable bonds is 2. The summed E-state index contributed by atoms with van der Waals surface area (Å²) in [6, 6.07) is 6.27. The van der Waals surface area contributed by atoms with E-state index in [2.05, 4.69) is 28.1 Å². The van der Waals surface area contributed by atoms with E-state index in [1.165, 1.54) is 6.26 Å². The number of aromatic nitrogens is 3. The largest absolute Gasteiger partial charge is 0.395 e. The minimum atomic E-state index is 0.205. The maximum Gasteiger partial charge on any atom is 0.131 e. The van der Waals surface area contributed by atoms with Gasteiger partial charge in [-0.25, -0.2) is 9.99 Å². The molecule has 8 heteroatoms. The molecule has 2 aromatic heterocycles. The average Bonchev–Trinajstić information content (AvgIpc) is 3.37. The number of hydrazine groups is 1. The van der Waals surface area contributed by atoms with Gasteiger partial charge in [-0.3, -0.25) is 4.98 Å². The van der Waals surface area contributed by atoms with E-state index in [1.807, 2.05) is 19.3 Å². The summed E-state index contributed by atoms with van der Waals surface area (Å²) in [5, 5.41) is 12.3. The lowest BCUT2D eigenvalue weighted by molar-refractivity contribution is 0.00674. The maximum atomic E-state index is 9.74. The Balaban J connectivity index is 1.85. The summed E-state index contributed by atoms with van der Waals surface area (Å²) < 4.78 is 7.97. The molecule has 0 amide bonds. The van der Waals surface area contributed by atoms with Gasteiger partial charge in [-0.05, 0) is 38.8 Å². The van der Waals surface area contributed by atoms with Crippen LogP contribution in [0.1, 0.15) is 37.1 Å². The summed E-state index contributed by atoms with van der Waals surface area (Å²) in [5.74, 6) is 0. The van der Waals surface area contributed by atoms with E-state index in [9.17, 15) is 5.26 Å². The molecule has 0 aliphatic carbocycles. The zero-order valence-corrected chi connectivity index (χ0v) is 15.7. The van der Waals surface area contributed by atoms with E-state index >= 15 is 0 Å². The van der Waals surface area contributed by atoms with E-state index in [0.29, 0.717) is 11.3 Å². The summed E-state index contributed by atoms with van der Waals surface area (Å²) in [4.78, 5) is 14.6. The van der Waals surface area contributed by atoms with Gasteiger partial charge >= 0.3 is 0 Å². The van der Waals surface area contributed by atoms with Crippen molar-refractivity contribution >= 4 is 27.6 Å². The molecule has 28 heavy (non-hydrogen) atoms. The molecule has 5 rings (SSSR count). The molecule has 2 aliphatic heterocycles. The molecule has 0 unspecified atom stereocenters. The third-order valence-electron chi connectivity index (χ3n) is 5.46. The van der Waals surface area contributed by atoms with Gasteiger partial charge < -0.3 is 14.1 Å². The SMILES string of the molecule is Cc1nc2ccc(C#N)c(N3C=CON3)c2c2c1ncn2[C@@H]1CCO[C@H](C)C1. The summed E-state index contributed by atoms with van der Waals surface area (Å²) in [6.45, 7) is 4.81. The fourth-order valence-electron chi connectivity index (χ4n) is 4.19. The molecular weight excluding hydrogens is 356 g/mol. The van der Waals surface area contributed by atoms with Crippen molar-refractivity contribution in [2.75, 3.05) is 11.6 Å². The Morgan fingerprint density at radius 2 is 2.25 bits per heavy atom. The van der Waals surface area contributed by atoms with Crippen LogP contribution in [0.4, 0.5) is 5.69 Å². The summed E-state index contributed by atoms with van der Waals surface area (Å²) in [5.41, 5.74) is 7.61. The van der Waals surface area contributed by atoms with Gasteiger partial charge in [-0.2, -0.15) is 5.26 Å². The van der Waals surface area contributed by atoms with Crippen molar-refractivity contribution in [3.05, 3.63) is 42.2 Å². The Morgan fingerprint density at radius 1 is 1.36 bits per heavy atom. The van der Waals surface area contributed by atoms with Gasteiger partial charge in [-0.1, -0.05) is 5.59 Å². The first-order valence-electron chi connectivity index (χ1n) is 9.36. The number of benzene rings is 1. The molecule has 142 valence electrons. The predicted octanol–water partition coefficient (Wildman–Crippen LogP) is 3.23. The number of ether oxygens (including phenoxy) is 1. The van der Waals surface area contributed by atoms with Gasteiger partial charge in [0.15, 0.2) is 0 Å². The smallest absolute Gasteiger partial charge is 0.131 e. The van der Waals surface area contributed by atoms with Crippen molar-refractivity contribution in [1.29, 1.82) is 5.26 Å². The highest BCUT2D eigenvalue weighted by Gasteiger charge is 2.26. The van der Waals surface area contributed by atoms with E-state index in [0.717, 1.165) is 47.1 Å². The highest BCUT2D eigenvalue weighted by molar-refractivity contribution is 6.11. The molecule has 8 nitrogen and oxygen atoms in total. The van der Waals surface area contributed by atoms with Crippen molar-refractivity contribution in [3.63, 3.8) is 0 Å². The third kappa shape index (κ3) is 2.52. The number of hydrogen-bond acceptors (Lipinski definition) is 7. The van der Waals surface area contributed by atoms with Crippen LogP contribution in [-0.2, 0) is 9.57 Å². The lowest BCUT2D eigenvalue weighted by Gasteiger charge is -2.29. The van der Waals surface area contributed by atoms with Crippen LogP contribution in [0.15, 0.2) is 30.9 Å². The molecule has 2 atom stereocenters. The number of nitrogens with zero attached hydrogens (tertiary/aromatic N) is 5. The number of nitrogens with one attached hydrogen (secondary N) is 1. The minimum absolute atomic E-state index is 0.205. The van der Waals surface area contributed by atoms with Crippen LogP contribution < -0.4 is 10.6 Å². The zero-order valence-electron chi connectivity index (χ0n) is 15.7. The Morgan fingerprint density at radius 3 is 3.00 bits per heavy atom. The van der Waals surface area contributed by atoms with Gasteiger partial charge in [0.1, 0.15) is 17.8 Å². The lowest BCUT2D eigenvalue weighted by Crippen LogP contribution is -2.28. The molecule has 0 radical (unpaired) electrons. The van der Waals surface area contributed by atoms with Gasteiger partial charge in [0.05, 0.1) is 52.0 Å². The van der Waals surface area contributed by atoms with Crippen LogP contribution in [0.3, 0.4) is 0 Å². The first-order valence-corrected chi connectivity index (χ1v) is 9.36. The second kappa shape index (κ2) is 6.48. The zero-order chi connectivity index (χ0) is 19.3. The standard InChI is InChI=1S/C20H20N6O2/c1-12-9-15(5-7-27-12)25-11-22-18-13(2)23-16-4-3-14(10-21)19(17(16)20(18)25)26-6-8-28-24-26/h3-4,6,8,11-12,15,24H,5,7,9H2,1-2H3/t12-,15-/m1/s1. The topological polar surface area (TPSA) is 88.2 Å². The molecule has 0 saturated carbocycles. The molecule has 1 N–H and O–H groups in total. The molecule has 1 aromatic carbocycles. The van der Waals surface area contributed by atoms with Crippen molar-refractivity contribution in [3.8, 4) is 6.07 Å². The normalized spacial score (nSPS) is 22.0. The van der Waals surface area contributed by atoms with Gasteiger partial charge in [0.2, 0.25) is 0 Å². The van der Waals surface area contributed by atoms with Crippen molar-refractivity contribution in [2.45, 2.75) is 38.8 Å². The molecule has 1 fully saturated rings. The number of hydrogen-bond donors (Lipinski definition) is 1. The van der Waals surface area contributed by atoms with E-state index < -0.39 is 0 Å². The molecule has 0 spiro atoms. The quantitative estimate of drug-likeness (QED) is 0.734. The Hall–Kier alpha value is -3.15. The Kier molecular flexibility index (Phi) is 3.93. The molecule has 1 saturated heterocycles. The average molecular weight is 376 g/mol. The van der Waals surface area contributed by atoms with Crippen molar-refractivity contribution in [2.24, 2.45) is 0 Å². The molecule has 2 aliphatic rings. The number of pyridine rings is 1. The van der Waals surface area contributed by atoms with Gasteiger partial charge in [0, 0.05) is 12.6 Å². The van der Waals surface area contributed by atoms with Crippen LogP contribution in [0.2, 0.25) is 0 Å². The Bertz CT molecular complexity index is 1150. The monoisotopic (exact) mass is 376 g/mol. The minimum Gasteiger partial charge on any atom is -0.395 e. The number of fused-ring (bicyclic) bond motifs is 3. The summed E-state index contributed by atoms with van der Waals surface area (Å²) in [6.07, 6.45) is 7.24. The lowest BCUT2D eigenvalue weighted by atomic mass is 10.0. The number of anilines is 1. The number of nitriles is 1.